The SMILES string of the molecule is CC(=O)[C@H]1CC[C@H]2CCCC[C@H]21. The summed E-state index contributed by atoms with van der Waals surface area (Å²) in [5.41, 5.74) is 0. The van der Waals surface area contributed by atoms with Crippen LogP contribution in [0.25, 0.3) is 0 Å². The number of rotatable bonds is 1. The van der Waals surface area contributed by atoms with Crippen LogP contribution in [0.15, 0.2) is 0 Å². The normalized spacial score (nSPS) is 40.9. The van der Waals surface area contributed by atoms with Gasteiger partial charge in [0.15, 0.2) is 0 Å². The molecule has 68 valence electrons. The number of fused-ring (bicyclic) bond motifs is 1. The van der Waals surface area contributed by atoms with Crippen LogP contribution in [0.1, 0.15) is 45.4 Å². The van der Waals surface area contributed by atoms with Gasteiger partial charge in [0.05, 0.1) is 0 Å². The summed E-state index contributed by atoms with van der Waals surface area (Å²) in [4.78, 5) is 11.3. The molecule has 0 aromatic heterocycles. The van der Waals surface area contributed by atoms with Gasteiger partial charge < -0.3 is 0 Å². The number of Topliss-reactive ketones (excluding diaryl/α,β-unsaturated/α-hetero) is 1. The van der Waals surface area contributed by atoms with E-state index in [-0.39, 0.29) is 0 Å². The van der Waals surface area contributed by atoms with Crippen LogP contribution < -0.4 is 0 Å². The van der Waals surface area contributed by atoms with Crippen molar-refractivity contribution >= 4 is 5.78 Å². The second kappa shape index (κ2) is 3.20. The van der Waals surface area contributed by atoms with Crippen molar-refractivity contribution in [1.29, 1.82) is 0 Å². The highest BCUT2D eigenvalue weighted by Crippen LogP contribution is 2.45. The monoisotopic (exact) mass is 166 g/mol. The number of hydrogen-bond acceptors (Lipinski definition) is 1. The van der Waals surface area contributed by atoms with E-state index in [1.165, 1.54) is 38.5 Å². The van der Waals surface area contributed by atoms with Crippen molar-refractivity contribution in [3.63, 3.8) is 0 Å². The van der Waals surface area contributed by atoms with Gasteiger partial charge in [0.1, 0.15) is 5.78 Å². The van der Waals surface area contributed by atoms with Gasteiger partial charge in [-0.05, 0) is 38.0 Å². The first-order chi connectivity index (χ1) is 5.79. The molecule has 0 saturated heterocycles. The first kappa shape index (κ1) is 8.28. The third kappa shape index (κ3) is 1.30. The molecule has 0 bridgehead atoms. The molecule has 2 fully saturated rings. The maximum absolute atomic E-state index is 11.3. The average Bonchev–Trinajstić information content (AvgIpc) is 2.47. The van der Waals surface area contributed by atoms with E-state index < -0.39 is 0 Å². The van der Waals surface area contributed by atoms with Crippen LogP contribution in [-0.4, -0.2) is 5.78 Å². The fraction of sp³-hybridized carbons (Fsp3) is 0.909. The molecule has 12 heavy (non-hydrogen) atoms. The molecule has 0 radical (unpaired) electrons. The van der Waals surface area contributed by atoms with Gasteiger partial charge >= 0.3 is 0 Å². The molecule has 0 aromatic rings. The van der Waals surface area contributed by atoms with Gasteiger partial charge in [-0.25, -0.2) is 0 Å². The molecular formula is C11H18O. The Morgan fingerprint density at radius 2 is 1.83 bits per heavy atom. The van der Waals surface area contributed by atoms with Gasteiger partial charge in [-0.2, -0.15) is 0 Å². The van der Waals surface area contributed by atoms with E-state index in [0.29, 0.717) is 11.7 Å². The molecule has 2 aliphatic rings. The number of carbonyl (C=O) groups is 1. The number of ketones is 1. The summed E-state index contributed by atoms with van der Waals surface area (Å²) in [6.45, 7) is 1.78. The summed E-state index contributed by atoms with van der Waals surface area (Å²) in [5.74, 6) is 2.57. The molecular weight excluding hydrogens is 148 g/mol. The summed E-state index contributed by atoms with van der Waals surface area (Å²) < 4.78 is 0. The summed E-state index contributed by atoms with van der Waals surface area (Å²) in [6.07, 6.45) is 8.01. The Balaban J connectivity index is 2.05. The topological polar surface area (TPSA) is 17.1 Å². The van der Waals surface area contributed by atoms with Gasteiger partial charge in [-0.15, -0.1) is 0 Å². The van der Waals surface area contributed by atoms with E-state index in [1.54, 1.807) is 6.92 Å². The van der Waals surface area contributed by atoms with Gasteiger partial charge in [-0.3, -0.25) is 4.79 Å². The lowest BCUT2D eigenvalue weighted by molar-refractivity contribution is -0.122. The first-order valence-corrected chi connectivity index (χ1v) is 5.29. The lowest BCUT2D eigenvalue weighted by Gasteiger charge is -2.27. The summed E-state index contributed by atoms with van der Waals surface area (Å²) in [5, 5.41) is 0. The Hall–Kier alpha value is -0.330. The van der Waals surface area contributed by atoms with Crippen molar-refractivity contribution in [2.75, 3.05) is 0 Å². The van der Waals surface area contributed by atoms with Crippen molar-refractivity contribution in [1.82, 2.24) is 0 Å². The van der Waals surface area contributed by atoms with E-state index in [0.717, 1.165) is 11.8 Å². The summed E-state index contributed by atoms with van der Waals surface area (Å²) in [6, 6.07) is 0. The smallest absolute Gasteiger partial charge is 0.133 e. The fourth-order valence-electron chi connectivity index (χ4n) is 3.24. The molecule has 0 N–H and O–H groups in total. The van der Waals surface area contributed by atoms with Crippen LogP contribution in [0.5, 0.6) is 0 Å². The van der Waals surface area contributed by atoms with E-state index in [4.69, 9.17) is 0 Å². The van der Waals surface area contributed by atoms with Crippen molar-refractivity contribution < 1.29 is 4.79 Å². The molecule has 1 nitrogen and oxygen atoms in total. The molecule has 2 aliphatic carbocycles. The third-order valence-corrected chi connectivity index (χ3v) is 3.86. The molecule has 0 aliphatic heterocycles. The van der Waals surface area contributed by atoms with Crippen LogP contribution in [0.3, 0.4) is 0 Å². The Bertz CT molecular complexity index is 185. The second-order valence-corrected chi connectivity index (χ2v) is 4.50. The molecule has 1 heteroatoms. The quantitative estimate of drug-likeness (QED) is 0.585. The highest BCUT2D eigenvalue weighted by molar-refractivity contribution is 5.78. The zero-order valence-electron chi connectivity index (χ0n) is 7.88. The highest BCUT2D eigenvalue weighted by Gasteiger charge is 2.39. The average molecular weight is 166 g/mol. The Morgan fingerprint density at radius 1 is 1.08 bits per heavy atom. The zero-order valence-corrected chi connectivity index (χ0v) is 7.88. The van der Waals surface area contributed by atoms with Crippen LogP contribution in [0, 0.1) is 17.8 Å². The maximum atomic E-state index is 11.3. The summed E-state index contributed by atoms with van der Waals surface area (Å²) in [7, 11) is 0. The number of hydrogen-bond donors (Lipinski definition) is 0. The van der Waals surface area contributed by atoms with E-state index in [2.05, 4.69) is 0 Å². The maximum Gasteiger partial charge on any atom is 0.133 e. The lowest BCUT2D eigenvalue weighted by atomic mass is 9.77. The van der Waals surface area contributed by atoms with E-state index in [1.807, 2.05) is 0 Å². The zero-order chi connectivity index (χ0) is 8.55. The first-order valence-electron chi connectivity index (χ1n) is 5.29. The molecule has 2 saturated carbocycles. The molecule has 0 aromatic carbocycles. The number of carbonyl (C=O) groups excluding carboxylic acids is 1. The minimum Gasteiger partial charge on any atom is -0.300 e. The van der Waals surface area contributed by atoms with Crippen molar-refractivity contribution in [2.45, 2.75) is 45.4 Å². The van der Waals surface area contributed by atoms with Crippen molar-refractivity contribution in [3.8, 4) is 0 Å². The summed E-state index contributed by atoms with van der Waals surface area (Å²) >= 11 is 0. The lowest BCUT2D eigenvalue weighted by Crippen LogP contribution is -2.23. The fourth-order valence-corrected chi connectivity index (χ4v) is 3.24. The Kier molecular flexibility index (Phi) is 2.20. The molecule has 3 atom stereocenters. The van der Waals surface area contributed by atoms with Crippen LogP contribution in [0.2, 0.25) is 0 Å². The van der Waals surface area contributed by atoms with Crippen LogP contribution >= 0.6 is 0 Å². The Labute approximate surface area is 74.5 Å². The van der Waals surface area contributed by atoms with Crippen molar-refractivity contribution in [3.05, 3.63) is 0 Å². The van der Waals surface area contributed by atoms with Gasteiger partial charge in [-0.1, -0.05) is 19.3 Å². The standard InChI is InChI=1S/C11H18O/c1-8(12)10-7-6-9-4-2-3-5-11(9)10/h9-11H,2-7H2,1H3/t9-,10-,11-/m1/s1. The Morgan fingerprint density at radius 3 is 2.58 bits per heavy atom. The second-order valence-electron chi connectivity index (χ2n) is 4.50. The molecule has 2 rings (SSSR count). The highest BCUT2D eigenvalue weighted by atomic mass is 16.1. The van der Waals surface area contributed by atoms with Crippen LogP contribution in [-0.2, 0) is 4.79 Å². The van der Waals surface area contributed by atoms with E-state index >= 15 is 0 Å². The predicted octanol–water partition coefficient (Wildman–Crippen LogP) is 2.79. The molecule has 0 amide bonds. The predicted molar refractivity (Wildman–Crippen MR) is 48.9 cm³/mol. The van der Waals surface area contributed by atoms with Gasteiger partial charge in [0.25, 0.3) is 0 Å². The largest absolute Gasteiger partial charge is 0.300 e. The third-order valence-electron chi connectivity index (χ3n) is 3.86. The van der Waals surface area contributed by atoms with Gasteiger partial charge in [0, 0.05) is 5.92 Å². The van der Waals surface area contributed by atoms with Gasteiger partial charge in [0.2, 0.25) is 0 Å². The minimum atomic E-state index is 0.440. The molecule has 0 spiro atoms. The minimum absolute atomic E-state index is 0.440. The van der Waals surface area contributed by atoms with Crippen LogP contribution in [0.4, 0.5) is 0 Å². The molecule has 0 unspecified atom stereocenters. The van der Waals surface area contributed by atoms with E-state index in [9.17, 15) is 4.79 Å². The van der Waals surface area contributed by atoms with Crippen molar-refractivity contribution in [2.24, 2.45) is 17.8 Å². The molecule has 0 heterocycles.